The lowest BCUT2D eigenvalue weighted by Gasteiger charge is -2.19. The highest BCUT2D eigenvalue weighted by Gasteiger charge is 2.31. The summed E-state index contributed by atoms with van der Waals surface area (Å²) in [7, 11) is 0. The fraction of sp³-hybridized carbons (Fsp3) is 0.333. The number of aromatic nitrogens is 2. The molecule has 0 spiro atoms. The largest absolute Gasteiger partial charge is 0.573 e. The van der Waals surface area contributed by atoms with Crippen molar-refractivity contribution in [3.63, 3.8) is 0 Å². The Bertz CT molecular complexity index is 731. The van der Waals surface area contributed by atoms with Gasteiger partial charge in [-0.15, -0.1) is 13.2 Å². The second-order valence-electron chi connectivity index (χ2n) is 5.90. The van der Waals surface area contributed by atoms with Crippen LogP contribution in [-0.2, 0) is 4.74 Å². The Kier molecular flexibility index (Phi) is 4.46. The molecule has 0 amide bonds. The van der Waals surface area contributed by atoms with Crippen LogP contribution in [0.15, 0.2) is 30.5 Å². The summed E-state index contributed by atoms with van der Waals surface area (Å²) in [5, 5.41) is 3.97. The molecule has 0 saturated heterocycles. The van der Waals surface area contributed by atoms with E-state index in [0.29, 0.717) is 5.69 Å². The Hall–Kier alpha value is -2.71. The zero-order valence-electron chi connectivity index (χ0n) is 13.2. The van der Waals surface area contributed by atoms with E-state index in [9.17, 15) is 18.0 Å². The maximum Gasteiger partial charge on any atom is 0.573 e. The Labute approximate surface area is 136 Å². The predicted octanol–water partition coefficient (Wildman–Crippen LogP) is 3.31. The Morgan fingerprint density at radius 1 is 1.17 bits per heavy atom. The van der Waals surface area contributed by atoms with Gasteiger partial charge >= 0.3 is 12.3 Å². The molecule has 24 heavy (non-hydrogen) atoms. The van der Waals surface area contributed by atoms with Gasteiger partial charge < -0.3 is 15.2 Å². The van der Waals surface area contributed by atoms with Crippen molar-refractivity contribution in [1.29, 1.82) is 0 Å². The van der Waals surface area contributed by atoms with Crippen molar-refractivity contribution in [2.45, 2.75) is 32.7 Å². The number of halogens is 3. The molecule has 0 atom stereocenters. The molecule has 2 N–H and O–H groups in total. The SMILES string of the molecule is CC(C)(C)OC(=O)c1cnn(-c2ccc(OC(F)(F)F)cc2)c1N. The van der Waals surface area contributed by atoms with Gasteiger partial charge in [-0.2, -0.15) is 5.10 Å². The van der Waals surface area contributed by atoms with Gasteiger partial charge in [0.15, 0.2) is 0 Å². The molecule has 1 aromatic carbocycles. The van der Waals surface area contributed by atoms with E-state index in [0.717, 1.165) is 12.1 Å². The van der Waals surface area contributed by atoms with Crippen LogP contribution in [0.3, 0.4) is 0 Å². The molecular weight excluding hydrogens is 327 g/mol. The smallest absolute Gasteiger partial charge is 0.456 e. The number of hydrogen-bond donors (Lipinski definition) is 1. The van der Waals surface area contributed by atoms with Crippen LogP contribution in [0.5, 0.6) is 5.75 Å². The standard InChI is InChI=1S/C15H16F3N3O3/c1-14(2,3)24-13(22)11-8-20-21(12(11)19)9-4-6-10(7-5-9)23-15(16,17)18/h4-8H,19H2,1-3H3. The molecule has 1 aromatic heterocycles. The van der Waals surface area contributed by atoms with Crippen LogP contribution in [0.2, 0.25) is 0 Å². The van der Waals surface area contributed by atoms with Crippen molar-refractivity contribution in [3.05, 3.63) is 36.0 Å². The fourth-order valence-corrected chi connectivity index (χ4v) is 1.84. The summed E-state index contributed by atoms with van der Waals surface area (Å²) >= 11 is 0. The first-order chi connectivity index (χ1) is 11.0. The topological polar surface area (TPSA) is 79.4 Å². The van der Waals surface area contributed by atoms with Crippen molar-refractivity contribution in [1.82, 2.24) is 9.78 Å². The third-order valence-corrected chi connectivity index (χ3v) is 2.74. The Morgan fingerprint density at radius 3 is 2.25 bits per heavy atom. The van der Waals surface area contributed by atoms with Crippen LogP contribution in [0.4, 0.5) is 19.0 Å². The molecule has 6 nitrogen and oxygen atoms in total. The molecular formula is C15H16F3N3O3. The second-order valence-corrected chi connectivity index (χ2v) is 5.90. The summed E-state index contributed by atoms with van der Waals surface area (Å²) < 4.78 is 46.7. The Morgan fingerprint density at radius 2 is 1.75 bits per heavy atom. The highest BCUT2D eigenvalue weighted by molar-refractivity contribution is 5.94. The van der Waals surface area contributed by atoms with E-state index < -0.39 is 17.9 Å². The molecule has 0 saturated carbocycles. The number of nitrogen functional groups attached to an aromatic ring is 1. The van der Waals surface area contributed by atoms with Gasteiger partial charge in [-0.05, 0) is 45.0 Å². The van der Waals surface area contributed by atoms with Crippen molar-refractivity contribution >= 4 is 11.8 Å². The van der Waals surface area contributed by atoms with Crippen LogP contribution >= 0.6 is 0 Å². The number of carbonyl (C=O) groups is 1. The van der Waals surface area contributed by atoms with Gasteiger partial charge in [0.2, 0.25) is 0 Å². The van der Waals surface area contributed by atoms with Crippen LogP contribution in [-0.4, -0.2) is 27.7 Å². The number of nitrogens with zero attached hydrogens (tertiary/aromatic N) is 2. The molecule has 0 radical (unpaired) electrons. The van der Waals surface area contributed by atoms with Gasteiger partial charge in [0.05, 0.1) is 11.9 Å². The third kappa shape index (κ3) is 4.40. The van der Waals surface area contributed by atoms with Gasteiger partial charge in [0.25, 0.3) is 0 Å². The zero-order valence-corrected chi connectivity index (χ0v) is 13.2. The van der Waals surface area contributed by atoms with E-state index in [1.165, 1.54) is 23.0 Å². The molecule has 1 heterocycles. The maximum atomic E-state index is 12.1. The van der Waals surface area contributed by atoms with Gasteiger partial charge in [-0.3, -0.25) is 0 Å². The lowest BCUT2D eigenvalue weighted by atomic mass is 10.2. The summed E-state index contributed by atoms with van der Waals surface area (Å²) in [5.74, 6) is -0.985. The molecule has 0 unspecified atom stereocenters. The minimum atomic E-state index is -4.77. The number of carbonyl (C=O) groups excluding carboxylic acids is 1. The van der Waals surface area contributed by atoms with E-state index in [2.05, 4.69) is 9.84 Å². The fourth-order valence-electron chi connectivity index (χ4n) is 1.84. The number of nitrogens with two attached hydrogens (primary N) is 1. The van der Waals surface area contributed by atoms with Crippen LogP contribution in [0, 0.1) is 0 Å². The zero-order chi connectivity index (χ0) is 18.1. The molecule has 0 bridgehead atoms. The minimum Gasteiger partial charge on any atom is -0.456 e. The Balaban J connectivity index is 2.23. The highest BCUT2D eigenvalue weighted by Crippen LogP contribution is 2.25. The molecule has 0 fully saturated rings. The molecule has 2 aromatic rings. The average molecular weight is 343 g/mol. The van der Waals surface area contributed by atoms with Gasteiger partial charge in [0.1, 0.15) is 22.7 Å². The predicted molar refractivity (Wildman–Crippen MR) is 79.8 cm³/mol. The quantitative estimate of drug-likeness (QED) is 0.865. The molecule has 0 aliphatic rings. The number of anilines is 1. The summed E-state index contributed by atoms with van der Waals surface area (Å²) in [6, 6.07) is 4.92. The first kappa shape index (κ1) is 17.6. The van der Waals surface area contributed by atoms with Crippen molar-refractivity contribution in [2.24, 2.45) is 0 Å². The summed E-state index contributed by atoms with van der Waals surface area (Å²) in [6.07, 6.45) is -3.53. The normalized spacial score (nSPS) is 12.1. The maximum absolute atomic E-state index is 12.1. The van der Waals surface area contributed by atoms with Crippen molar-refractivity contribution in [2.75, 3.05) is 5.73 Å². The van der Waals surface area contributed by atoms with Crippen LogP contribution < -0.4 is 10.5 Å². The van der Waals surface area contributed by atoms with Gasteiger partial charge in [0, 0.05) is 0 Å². The third-order valence-electron chi connectivity index (χ3n) is 2.74. The lowest BCUT2D eigenvalue weighted by molar-refractivity contribution is -0.274. The van der Waals surface area contributed by atoms with Crippen LogP contribution in [0.1, 0.15) is 31.1 Å². The summed E-state index contributed by atoms with van der Waals surface area (Å²) in [4.78, 5) is 12.0. The van der Waals surface area contributed by atoms with E-state index >= 15 is 0 Å². The van der Waals surface area contributed by atoms with Gasteiger partial charge in [-0.25, -0.2) is 9.48 Å². The molecule has 2 rings (SSSR count). The van der Waals surface area contributed by atoms with E-state index in [-0.39, 0.29) is 17.1 Å². The number of alkyl halides is 3. The molecule has 0 aliphatic heterocycles. The first-order valence-electron chi connectivity index (χ1n) is 6.89. The van der Waals surface area contributed by atoms with E-state index in [1.54, 1.807) is 20.8 Å². The number of esters is 1. The highest BCUT2D eigenvalue weighted by atomic mass is 19.4. The van der Waals surface area contributed by atoms with Crippen LogP contribution in [0.25, 0.3) is 5.69 Å². The molecule has 130 valence electrons. The number of hydrogen-bond acceptors (Lipinski definition) is 5. The number of benzene rings is 1. The summed E-state index contributed by atoms with van der Waals surface area (Å²) in [6.45, 7) is 5.14. The van der Waals surface area contributed by atoms with Crippen molar-refractivity contribution < 1.29 is 27.4 Å². The summed E-state index contributed by atoms with van der Waals surface area (Å²) in [5.41, 5.74) is 5.63. The minimum absolute atomic E-state index is 0.0220. The monoisotopic (exact) mass is 343 g/mol. The van der Waals surface area contributed by atoms with E-state index in [4.69, 9.17) is 10.5 Å². The van der Waals surface area contributed by atoms with E-state index in [1.807, 2.05) is 0 Å². The first-order valence-corrected chi connectivity index (χ1v) is 6.89. The van der Waals surface area contributed by atoms with Gasteiger partial charge in [-0.1, -0.05) is 0 Å². The lowest BCUT2D eigenvalue weighted by Crippen LogP contribution is -2.24. The second kappa shape index (κ2) is 6.06. The van der Waals surface area contributed by atoms with Crippen molar-refractivity contribution in [3.8, 4) is 11.4 Å². The molecule has 9 heteroatoms. The average Bonchev–Trinajstić information content (AvgIpc) is 2.78. The number of ether oxygens (including phenoxy) is 2. The number of rotatable bonds is 3. The molecule has 0 aliphatic carbocycles.